The van der Waals surface area contributed by atoms with Gasteiger partial charge in [0.15, 0.2) is 11.7 Å². The molecule has 0 aliphatic heterocycles. The lowest BCUT2D eigenvalue weighted by molar-refractivity contribution is 0.502. The Morgan fingerprint density at radius 3 is 2.76 bits per heavy atom. The Bertz CT molecular complexity index is 537. The summed E-state index contributed by atoms with van der Waals surface area (Å²) in [7, 11) is 0. The molecule has 0 radical (unpaired) electrons. The molecule has 5 heteroatoms. The van der Waals surface area contributed by atoms with Gasteiger partial charge in [0.1, 0.15) is 11.6 Å². The monoisotopic (exact) mass is 238 g/mol. The molecule has 0 aliphatic rings. The van der Waals surface area contributed by atoms with E-state index >= 15 is 0 Å². The molecular formula is C12H12F2N2O. The maximum Gasteiger partial charge on any atom is 0.196 e. The fourth-order valence-corrected chi connectivity index (χ4v) is 1.52. The zero-order valence-corrected chi connectivity index (χ0v) is 9.34. The fraction of sp³-hybridized carbons (Fsp3) is 0.250. The highest BCUT2D eigenvalue weighted by Crippen LogP contribution is 2.26. The van der Waals surface area contributed by atoms with Gasteiger partial charge in [-0.1, -0.05) is 0 Å². The number of aryl methyl sites for hydroxylation is 1. The lowest BCUT2D eigenvalue weighted by atomic mass is 10.1. The highest BCUT2D eigenvalue weighted by atomic mass is 19.1. The zero-order chi connectivity index (χ0) is 12.4. The minimum absolute atomic E-state index is 0.208. The van der Waals surface area contributed by atoms with Crippen molar-refractivity contribution in [2.45, 2.75) is 13.3 Å². The molecule has 0 saturated carbocycles. The van der Waals surface area contributed by atoms with E-state index in [1.165, 1.54) is 12.3 Å². The van der Waals surface area contributed by atoms with Gasteiger partial charge in [0, 0.05) is 19.0 Å². The molecule has 0 aliphatic carbocycles. The van der Waals surface area contributed by atoms with E-state index in [4.69, 9.17) is 10.2 Å². The average Bonchev–Trinajstić information content (AvgIpc) is 2.72. The second-order valence-corrected chi connectivity index (χ2v) is 3.74. The van der Waals surface area contributed by atoms with Crippen molar-refractivity contribution in [1.29, 1.82) is 0 Å². The van der Waals surface area contributed by atoms with Crippen LogP contribution in [0.2, 0.25) is 0 Å². The zero-order valence-electron chi connectivity index (χ0n) is 9.34. The Balaban J connectivity index is 2.41. The van der Waals surface area contributed by atoms with Gasteiger partial charge in [0.05, 0.1) is 11.8 Å². The summed E-state index contributed by atoms with van der Waals surface area (Å²) in [6, 6.07) is 2.24. The first-order valence-corrected chi connectivity index (χ1v) is 5.22. The number of halogens is 2. The molecule has 1 aromatic heterocycles. The van der Waals surface area contributed by atoms with E-state index in [2.05, 4.69) is 4.98 Å². The largest absolute Gasteiger partial charge is 0.441 e. The van der Waals surface area contributed by atoms with Crippen LogP contribution in [-0.4, -0.2) is 11.5 Å². The molecule has 0 saturated heterocycles. The first-order valence-electron chi connectivity index (χ1n) is 5.22. The van der Waals surface area contributed by atoms with Gasteiger partial charge in [-0.25, -0.2) is 13.8 Å². The van der Waals surface area contributed by atoms with Gasteiger partial charge >= 0.3 is 0 Å². The van der Waals surface area contributed by atoms with Crippen LogP contribution >= 0.6 is 0 Å². The number of hydrogen-bond acceptors (Lipinski definition) is 3. The number of nitrogens with two attached hydrogens (primary N) is 1. The summed E-state index contributed by atoms with van der Waals surface area (Å²) in [6.07, 6.45) is 1.91. The van der Waals surface area contributed by atoms with Crippen molar-refractivity contribution in [3.8, 4) is 11.3 Å². The molecule has 1 heterocycles. The van der Waals surface area contributed by atoms with Crippen LogP contribution in [-0.2, 0) is 6.42 Å². The van der Waals surface area contributed by atoms with Crippen LogP contribution in [0.3, 0.4) is 0 Å². The maximum absolute atomic E-state index is 13.6. The van der Waals surface area contributed by atoms with Gasteiger partial charge < -0.3 is 10.2 Å². The van der Waals surface area contributed by atoms with Crippen molar-refractivity contribution in [3.05, 3.63) is 41.4 Å². The molecule has 0 fully saturated rings. The summed E-state index contributed by atoms with van der Waals surface area (Å²) < 4.78 is 32.0. The third-order valence-corrected chi connectivity index (χ3v) is 2.43. The van der Waals surface area contributed by atoms with Crippen molar-refractivity contribution < 1.29 is 13.2 Å². The van der Waals surface area contributed by atoms with Crippen LogP contribution in [0.4, 0.5) is 8.78 Å². The third-order valence-electron chi connectivity index (χ3n) is 2.43. The highest BCUT2D eigenvalue weighted by molar-refractivity contribution is 5.58. The van der Waals surface area contributed by atoms with E-state index < -0.39 is 11.6 Å². The van der Waals surface area contributed by atoms with E-state index in [0.29, 0.717) is 24.4 Å². The van der Waals surface area contributed by atoms with Gasteiger partial charge in [0.25, 0.3) is 0 Å². The van der Waals surface area contributed by atoms with Crippen molar-refractivity contribution in [1.82, 2.24) is 4.98 Å². The minimum atomic E-state index is -0.663. The quantitative estimate of drug-likeness (QED) is 0.893. The third kappa shape index (κ3) is 2.34. The van der Waals surface area contributed by atoms with E-state index in [1.807, 2.05) is 0 Å². The van der Waals surface area contributed by atoms with E-state index in [0.717, 1.165) is 6.07 Å². The molecule has 0 spiro atoms. The Labute approximate surface area is 97.3 Å². The van der Waals surface area contributed by atoms with Crippen LogP contribution in [0.5, 0.6) is 0 Å². The molecule has 2 aromatic rings. The SMILES string of the molecule is Cc1cc(-c2cnc(CCN)o2)c(F)cc1F. The number of benzene rings is 1. The van der Waals surface area contributed by atoms with Crippen molar-refractivity contribution in [3.63, 3.8) is 0 Å². The maximum atomic E-state index is 13.6. The summed E-state index contributed by atoms with van der Waals surface area (Å²) in [4.78, 5) is 3.97. The summed E-state index contributed by atoms with van der Waals surface area (Å²) in [5.74, 6) is -0.505. The summed E-state index contributed by atoms with van der Waals surface area (Å²) in [5.41, 5.74) is 5.93. The first-order chi connectivity index (χ1) is 8.11. The van der Waals surface area contributed by atoms with Gasteiger partial charge in [-0.05, 0) is 18.6 Å². The Hall–Kier alpha value is -1.75. The molecule has 2 N–H and O–H groups in total. The topological polar surface area (TPSA) is 52.0 Å². The lowest BCUT2D eigenvalue weighted by Crippen LogP contribution is -2.02. The molecule has 90 valence electrons. The Morgan fingerprint density at radius 2 is 2.06 bits per heavy atom. The summed E-state index contributed by atoms with van der Waals surface area (Å²) >= 11 is 0. The van der Waals surface area contributed by atoms with Gasteiger partial charge in [-0.3, -0.25) is 0 Å². The summed E-state index contributed by atoms with van der Waals surface area (Å²) in [6.45, 7) is 1.97. The Morgan fingerprint density at radius 1 is 1.29 bits per heavy atom. The predicted molar refractivity (Wildman–Crippen MR) is 59.4 cm³/mol. The van der Waals surface area contributed by atoms with Crippen LogP contribution in [0.1, 0.15) is 11.5 Å². The van der Waals surface area contributed by atoms with Gasteiger partial charge in [-0.15, -0.1) is 0 Å². The molecule has 0 atom stereocenters. The van der Waals surface area contributed by atoms with Crippen molar-refractivity contribution in [2.75, 3.05) is 6.54 Å². The molecule has 2 rings (SSSR count). The molecule has 0 unspecified atom stereocenters. The van der Waals surface area contributed by atoms with Crippen LogP contribution in [0.25, 0.3) is 11.3 Å². The molecule has 3 nitrogen and oxygen atoms in total. The number of nitrogens with zero attached hydrogens (tertiary/aromatic N) is 1. The fourth-order valence-electron chi connectivity index (χ4n) is 1.52. The van der Waals surface area contributed by atoms with E-state index in [9.17, 15) is 8.78 Å². The Kier molecular flexibility index (Phi) is 3.19. The standard InChI is InChI=1S/C12H12F2N2O/c1-7-4-8(10(14)5-9(7)13)11-6-16-12(17-11)2-3-15/h4-6H,2-3,15H2,1H3. The molecule has 0 bridgehead atoms. The predicted octanol–water partition coefficient (Wildman–Crippen LogP) is 2.43. The normalized spacial score (nSPS) is 10.8. The van der Waals surface area contributed by atoms with Crippen LogP contribution in [0, 0.1) is 18.6 Å². The van der Waals surface area contributed by atoms with Gasteiger partial charge in [-0.2, -0.15) is 0 Å². The van der Waals surface area contributed by atoms with Crippen molar-refractivity contribution in [2.24, 2.45) is 5.73 Å². The second-order valence-electron chi connectivity index (χ2n) is 3.74. The lowest BCUT2D eigenvalue weighted by Gasteiger charge is -2.02. The van der Waals surface area contributed by atoms with E-state index in [1.54, 1.807) is 6.92 Å². The van der Waals surface area contributed by atoms with Crippen molar-refractivity contribution >= 4 is 0 Å². The highest BCUT2D eigenvalue weighted by Gasteiger charge is 2.13. The molecular weight excluding hydrogens is 226 g/mol. The van der Waals surface area contributed by atoms with Gasteiger partial charge in [0.2, 0.25) is 0 Å². The number of oxazole rings is 1. The molecule has 17 heavy (non-hydrogen) atoms. The summed E-state index contributed by atoms with van der Waals surface area (Å²) in [5, 5.41) is 0. The van der Waals surface area contributed by atoms with Crippen LogP contribution in [0.15, 0.2) is 22.7 Å². The van der Waals surface area contributed by atoms with Crippen LogP contribution < -0.4 is 5.73 Å². The van der Waals surface area contributed by atoms with E-state index in [-0.39, 0.29) is 11.3 Å². The number of hydrogen-bond donors (Lipinski definition) is 1. The number of aromatic nitrogens is 1. The molecule has 1 aromatic carbocycles. The minimum Gasteiger partial charge on any atom is -0.441 e. The average molecular weight is 238 g/mol. The molecule has 0 amide bonds. The first kappa shape index (κ1) is 11.7. The number of rotatable bonds is 3. The second kappa shape index (κ2) is 4.63. The smallest absolute Gasteiger partial charge is 0.196 e.